The minimum absolute atomic E-state index is 0.516. The molecule has 3 heteroatoms. The molecule has 1 unspecified atom stereocenters. The Labute approximate surface area is 127 Å². The molecule has 0 aromatic heterocycles. The van der Waals surface area contributed by atoms with Crippen LogP contribution in [0.25, 0.3) is 0 Å². The van der Waals surface area contributed by atoms with Crippen LogP contribution < -0.4 is 5.73 Å². The minimum atomic E-state index is -0.516. The third kappa shape index (κ3) is 4.31. The molecule has 2 aromatic carbocycles. The second kappa shape index (κ2) is 7.25. The molecule has 3 nitrogen and oxygen atoms in total. The Morgan fingerprint density at radius 1 is 1.14 bits per heavy atom. The van der Waals surface area contributed by atoms with Crippen LogP contribution in [0.4, 0.5) is 5.69 Å². The Hall–Kier alpha value is -1.84. The van der Waals surface area contributed by atoms with E-state index in [-0.39, 0.29) is 0 Å². The van der Waals surface area contributed by atoms with Crippen LogP contribution in [0.15, 0.2) is 48.5 Å². The van der Waals surface area contributed by atoms with Crippen LogP contribution in [-0.2, 0) is 6.54 Å². The molecule has 0 fully saturated rings. The standard InChI is InChI=1S/C18H24N2O/c1-3-20(12-16-8-5-4-7-14(16)2)13-18(21)15-9-6-10-17(19)11-15/h4-11,18,21H,3,12-13,19H2,1-2H3. The first-order valence-corrected chi connectivity index (χ1v) is 7.40. The van der Waals surface area contributed by atoms with Gasteiger partial charge in [-0.3, -0.25) is 4.90 Å². The first-order valence-electron chi connectivity index (χ1n) is 7.40. The zero-order valence-corrected chi connectivity index (χ0v) is 12.8. The van der Waals surface area contributed by atoms with E-state index < -0.39 is 6.10 Å². The van der Waals surface area contributed by atoms with Crippen LogP contribution in [0.5, 0.6) is 0 Å². The van der Waals surface area contributed by atoms with Crippen molar-refractivity contribution in [1.29, 1.82) is 0 Å². The second-order valence-electron chi connectivity index (χ2n) is 5.44. The summed E-state index contributed by atoms with van der Waals surface area (Å²) in [7, 11) is 0. The van der Waals surface area contributed by atoms with Gasteiger partial charge in [-0.05, 0) is 42.3 Å². The Kier molecular flexibility index (Phi) is 5.37. The molecule has 0 saturated carbocycles. The molecule has 0 aliphatic heterocycles. The lowest BCUT2D eigenvalue weighted by atomic mass is 10.1. The Balaban J connectivity index is 2.04. The summed E-state index contributed by atoms with van der Waals surface area (Å²) in [4.78, 5) is 2.25. The van der Waals surface area contributed by atoms with E-state index in [1.807, 2.05) is 24.3 Å². The lowest BCUT2D eigenvalue weighted by molar-refractivity contribution is 0.112. The van der Waals surface area contributed by atoms with Crippen molar-refractivity contribution in [1.82, 2.24) is 4.90 Å². The topological polar surface area (TPSA) is 49.5 Å². The fourth-order valence-corrected chi connectivity index (χ4v) is 2.45. The monoisotopic (exact) mass is 284 g/mol. The highest BCUT2D eigenvalue weighted by atomic mass is 16.3. The Bertz CT molecular complexity index is 583. The molecule has 3 N–H and O–H groups in total. The Morgan fingerprint density at radius 3 is 2.57 bits per heavy atom. The van der Waals surface area contributed by atoms with Crippen LogP contribution in [0.1, 0.15) is 29.7 Å². The molecule has 0 amide bonds. The number of nitrogen functional groups attached to an aromatic ring is 1. The summed E-state index contributed by atoms with van der Waals surface area (Å²) < 4.78 is 0. The maximum atomic E-state index is 10.4. The number of nitrogens with two attached hydrogens (primary N) is 1. The van der Waals surface area contributed by atoms with Gasteiger partial charge in [0.25, 0.3) is 0 Å². The molecule has 112 valence electrons. The van der Waals surface area contributed by atoms with Gasteiger partial charge in [0, 0.05) is 18.8 Å². The van der Waals surface area contributed by atoms with Gasteiger partial charge < -0.3 is 10.8 Å². The molecule has 21 heavy (non-hydrogen) atoms. The van der Waals surface area contributed by atoms with Crippen LogP contribution in [-0.4, -0.2) is 23.1 Å². The molecule has 0 bridgehead atoms. The van der Waals surface area contributed by atoms with Crippen molar-refractivity contribution in [2.75, 3.05) is 18.8 Å². The number of aliphatic hydroxyl groups excluding tert-OH is 1. The van der Waals surface area contributed by atoms with Gasteiger partial charge >= 0.3 is 0 Å². The molecule has 0 heterocycles. The summed E-state index contributed by atoms with van der Waals surface area (Å²) in [5, 5.41) is 10.4. The highest BCUT2D eigenvalue weighted by molar-refractivity contribution is 5.41. The zero-order valence-electron chi connectivity index (χ0n) is 12.8. The summed E-state index contributed by atoms with van der Waals surface area (Å²) in [6, 6.07) is 15.9. The van der Waals surface area contributed by atoms with E-state index in [1.165, 1.54) is 11.1 Å². The first kappa shape index (κ1) is 15.5. The smallest absolute Gasteiger partial charge is 0.0917 e. The van der Waals surface area contributed by atoms with Crippen LogP contribution in [0.3, 0.4) is 0 Å². The predicted molar refractivity (Wildman–Crippen MR) is 87.9 cm³/mol. The van der Waals surface area contributed by atoms with Gasteiger partial charge in [-0.15, -0.1) is 0 Å². The predicted octanol–water partition coefficient (Wildman–Crippen LogP) is 3.13. The molecule has 0 radical (unpaired) electrons. The number of benzene rings is 2. The van der Waals surface area contributed by atoms with E-state index in [0.29, 0.717) is 12.2 Å². The number of aliphatic hydroxyl groups is 1. The third-order valence-electron chi connectivity index (χ3n) is 3.83. The number of hydrogen-bond donors (Lipinski definition) is 2. The summed E-state index contributed by atoms with van der Waals surface area (Å²) in [5.41, 5.74) is 9.93. The van der Waals surface area contributed by atoms with Crippen LogP contribution in [0, 0.1) is 6.92 Å². The zero-order chi connectivity index (χ0) is 15.2. The van der Waals surface area contributed by atoms with E-state index in [9.17, 15) is 5.11 Å². The van der Waals surface area contributed by atoms with E-state index in [2.05, 4.69) is 43.0 Å². The van der Waals surface area contributed by atoms with Crippen molar-refractivity contribution in [3.05, 3.63) is 65.2 Å². The molecular formula is C18H24N2O. The second-order valence-corrected chi connectivity index (χ2v) is 5.44. The molecule has 2 aromatic rings. The highest BCUT2D eigenvalue weighted by Gasteiger charge is 2.13. The lowest BCUT2D eigenvalue weighted by Crippen LogP contribution is -2.28. The molecule has 0 aliphatic carbocycles. The van der Waals surface area contributed by atoms with Gasteiger partial charge in [-0.1, -0.05) is 43.3 Å². The fraction of sp³-hybridized carbons (Fsp3) is 0.333. The van der Waals surface area contributed by atoms with Gasteiger partial charge in [-0.25, -0.2) is 0 Å². The average Bonchev–Trinajstić information content (AvgIpc) is 2.48. The normalized spacial score (nSPS) is 12.6. The van der Waals surface area contributed by atoms with Crippen LogP contribution >= 0.6 is 0 Å². The van der Waals surface area contributed by atoms with E-state index >= 15 is 0 Å². The summed E-state index contributed by atoms with van der Waals surface area (Å²) >= 11 is 0. The van der Waals surface area contributed by atoms with E-state index in [4.69, 9.17) is 5.73 Å². The average molecular weight is 284 g/mol. The number of nitrogens with zero attached hydrogens (tertiary/aromatic N) is 1. The lowest BCUT2D eigenvalue weighted by Gasteiger charge is -2.24. The summed E-state index contributed by atoms with van der Waals surface area (Å²) in [5.74, 6) is 0. The summed E-state index contributed by atoms with van der Waals surface area (Å²) in [6.07, 6.45) is -0.516. The van der Waals surface area contributed by atoms with Crippen molar-refractivity contribution in [3.63, 3.8) is 0 Å². The molecule has 0 spiro atoms. The SMILES string of the molecule is CCN(Cc1ccccc1C)CC(O)c1cccc(N)c1. The van der Waals surface area contributed by atoms with Crippen LogP contribution in [0.2, 0.25) is 0 Å². The largest absolute Gasteiger partial charge is 0.399 e. The fourth-order valence-electron chi connectivity index (χ4n) is 2.45. The third-order valence-corrected chi connectivity index (χ3v) is 3.83. The Morgan fingerprint density at radius 2 is 1.90 bits per heavy atom. The molecule has 0 saturated heterocycles. The molecule has 1 atom stereocenters. The maximum Gasteiger partial charge on any atom is 0.0917 e. The van der Waals surface area contributed by atoms with Crippen molar-refractivity contribution >= 4 is 5.69 Å². The van der Waals surface area contributed by atoms with Crippen molar-refractivity contribution in [3.8, 4) is 0 Å². The number of likely N-dealkylation sites (N-methyl/N-ethyl adjacent to an activating group) is 1. The maximum absolute atomic E-state index is 10.4. The minimum Gasteiger partial charge on any atom is -0.399 e. The first-order chi connectivity index (χ1) is 10.1. The van der Waals surface area contributed by atoms with Gasteiger partial charge in [0.15, 0.2) is 0 Å². The number of hydrogen-bond acceptors (Lipinski definition) is 3. The number of anilines is 1. The van der Waals surface area contributed by atoms with Crippen molar-refractivity contribution in [2.24, 2.45) is 0 Å². The van der Waals surface area contributed by atoms with Gasteiger partial charge in [0.05, 0.1) is 6.10 Å². The number of rotatable bonds is 6. The summed E-state index contributed by atoms with van der Waals surface area (Å²) in [6.45, 7) is 6.59. The van der Waals surface area contributed by atoms with E-state index in [0.717, 1.165) is 18.7 Å². The van der Waals surface area contributed by atoms with Gasteiger partial charge in [0.1, 0.15) is 0 Å². The molecule has 2 rings (SSSR count). The van der Waals surface area contributed by atoms with E-state index in [1.54, 1.807) is 0 Å². The van der Waals surface area contributed by atoms with Crippen molar-refractivity contribution < 1.29 is 5.11 Å². The highest BCUT2D eigenvalue weighted by Crippen LogP contribution is 2.18. The molecular weight excluding hydrogens is 260 g/mol. The van der Waals surface area contributed by atoms with Gasteiger partial charge in [0.2, 0.25) is 0 Å². The quantitative estimate of drug-likeness (QED) is 0.801. The van der Waals surface area contributed by atoms with Gasteiger partial charge in [-0.2, -0.15) is 0 Å². The molecule has 0 aliphatic rings. The number of aryl methyl sites for hydroxylation is 1. The van der Waals surface area contributed by atoms with Crippen molar-refractivity contribution in [2.45, 2.75) is 26.5 Å².